The SMILES string of the molecule is C=CCCCOC(=O)[C@@H]1[C@@H]2CCC3(O2)C(C(=O)N(CC=C)C(C)(C)C)N([C@H](CO)c2ccccc2)C(=O)[C@H]13. The van der Waals surface area contributed by atoms with E-state index >= 15 is 0 Å². The number of carbonyl (C=O) groups is 3. The predicted octanol–water partition coefficient (Wildman–Crippen LogP) is 3.42. The molecule has 0 aromatic heterocycles. The summed E-state index contributed by atoms with van der Waals surface area (Å²) in [4.78, 5) is 45.2. The molecule has 1 spiro atoms. The van der Waals surface area contributed by atoms with E-state index in [1.165, 1.54) is 4.90 Å². The summed E-state index contributed by atoms with van der Waals surface area (Å²) in [5.74, 6) is -2.74. The second-order valence-corrected chi connectivity index (χ2v) is 11.4. The van der Waals surface area contributed by atoms with E-state index < -0.39 is 47.1 Å². The van der Waals surface area contributed by atoms with Gasteiger partial charge in [-0.1, -0.05) is 42.5 Å². The Morgan fingerprint density at radius 1 is 1.26 bits per heavy atom. The quantitative estimate of drug-likeness (QED) is 0.271. The van der Waals surface area contributed by atoms with Crippen LogP contribution in [0.3, 0.4) is 0 Å². The minimum absolute atomic E-state index is 0.231. The molecule has 38 heavy (non-hydrogen) atoms. The summed E-state index contributed by atoms with van der Waals surface area (Å²) < 4.78 is 12.1. The van der Waals surface area contributed by atoms with E-state index in [1.54, 1.807) is 17.1 Å². The van der Waals surface area contributed by atoms with E-state index in [9.17, 15) is 19.5 Å². The monoisotopic (exact) mass is 524 g/mol. The number of allylic oxidation sites excluding steroid dienone is 1. The largest absolute Gasteiger partial charge is 0.465 e. The lowest BCUT2D eigenvalue weighted by Crippen LogP contribution is -2.60. The van der Waals surface area contributed by atoms with Crippen molar-refractivity contribution in [2.24, 2.45) is 11.8 Å². The summed E-state index contributed by atoms with van der Waals surface area (Å²) in [6.07, 6.45) is 5.33. The number of fused-ring (bicyclic) bond motifs is 1. The summed E-state index contributed by atoms with van der Waals surface area (Å²) in [6.45, 7) is 13.5. The highest BCUT2D eigenvalue weighted by atomic mass is 16.6. The van der Waals surface area contributed by atoms with Crippen LogP contribution >= 0.6 is 0 Å². The highest BCUT2D eigenvalue weighted by Gasteiger charge is 2.76. The summed E-state index contributed by atoms with van der Waals surface area (Å²) in [7, 11) is 0. The van der Waals surface area contributed by atoms with Gasteiger partial charge in [0.1, 0.15) is 11.6 Å². The fraction of sp³-hybridized carbons (Fsp3) is 0.567. The van der Waals surface area contributed by atoms with Gasteiger partial charge in [0.15, 0.2) is 0 Å². The molecular formula is C30H40N2O6. The molecule has 3 heterocycles. The maximum Gasteiger partial charge on any atom is 0.312 e. The first-order valence-electron chi connectivity index (χ1n) is 13.5. The number of carbonyl (C=O) groups excluding carboxylic acids is 3. The van der Waals surface area contributed by atoms with Crippen LogP contribution in [0.2, 0.25) is 0 Å². The molecule has 1 aromatic rings. The molecule has 206 valence electrons. The smallest absolute Gasteiger partial charge is 0.312 e. The molecule has 3 fully saturated rings. The number of benzene rings is 1. The number of ether oxygens (including phenoxy) is 2. The van der Waals surface area contributed by atoms with Gasteiger partial charge in [0, 0.05) is 12.1 Å². The zero-order chi connectivity index (χ0) is 27.7. The van der Waals surface area contributed by atoms with Gasteiger partial charge in [-0.15, -0.1) is 13.2 Å². The van der Waals surface area contributed by atoms with Crippen LogP contribution in [0.25, 0.3) is 0 Å². The third kappa shape index (κ3) is 4.69. The Balaban J connectivity index is 1.78. The van der Waals surface area contributed by atoms with Crippen LogP contribution in [0.4, 0.5) is 0 Å². The van der Waals surface area contributed by atoms with Crippen LogP contribution < -0.4 is 0 Å². The second-order valence-electron chi connectivity index (χ2n) is 11.4. The average Bonchev–Trinajstić information content (AvgIpc) is 3.53. The number of likely N-dealkylation sites (tertiary alicyclic amines) is 1. The Hall–Kier alpha value is -2.97. The molecule has 4 rings (SSSR count). The van der Waals surface area contributed by atoms with Gasteiger partial charge in [-0.05, 0) is 52.0 Å². The summed E-state index contributed by atoms with van der Waals surface area (Å²) >= 11 is 0. The number of aliphatic hydroxyl groups is 1. The molecular weight excluding hydrogens is 484 g/mol. The van der Waals surface area contributed by atoms with E-state index in [0.29, 0.717) is 24.8 Å². The number of amides is 2. The van der Waals surface area contributed by atoms with Gasteiger partial charge in [0.2, 0.25) is 11.8 Å². The van der Waals surface area contributed by atoms with Crippen LogP contribution in [0, 0.1) is 11.8 Å². The standard InChI is InChI=1S/C30H40N2O6/c1-6-8-12-18-37-28(36)23-22-15-16-30(38-22)24(23)26(34)32(21(19-33)20-13-10-9-11-14-20)25(30)27(35)31(17-7-2)29(3,4)5/h6-7,9-11,13-14,21-25,33H,1-2,8,12,15-19H2,3-5H3/t21-,22+,23-,24+,25?,30?/m1/s1. The lowest BCUT2D eigenvalue weighted by molar-refractivity contribution is -0.157. The maximum atomic E-state index is 14.4. The van der Waals surface area contributed by atoms with Crippen molar-refractivity contribution in [3.05, 3.63) is 61.2 Å². The zero-order valence-corrected chi connectivity index (χ0v) is 22.7. The van der Waals surface area contributed by atoms with Crippen molar-refractivity contribution in [3.8, 4) is 0 Å². The van der Waals surface area contributed by atoms with Crippen LogP contribution in [0.15, 0.2) is 55.6 Å². The van der Waals surface area contributed by atoms with E-state index in [2.05, 4.69) is 13.2 Å². The molecule has 0 radical (unpaired) electrons. The molecule has 1 aromatic carbocycles. The first-order chi connectivity index (χ1) is 18.1. The van der Waals surface area contributed by atoms with Crippen LogP contribution in [0.1, 0.15) is 58.1 Å². The number of nitrogens with zero attached hydrogens (tertiary/aromatic N) is 2. The van der Waals surface area contributed by atoms with Crippen molar-refractivity contribution < 1.29 is 29.0 Å². The lowest BCUT2D eigenvalue weighted by Gasteiger charge is -2.43. The van der Waals surface area contributed by atoms with Gasteiger partial charge in [-0.25, -0.2) is 0 Å². The Morgan fingerprint density at radius 2 is 1.97 bits per heavy atom. The third-order valence-electron chi connectivity index (χ3n) is 8.12. The zero-order valence-electron chi connectivity index (χ0n) is 22.7. The van der Waals surface area contributed by atoms with E-state index in [1.807, 2.05) is 51.1 Å². The van der Waals surface area contributed by atoms with Gasteiger partial charge < -0.3 is 24.4 Å². The van der Waals surface area contributed by atoms with Crippen molar-refractivity contribution in [2.45, 2.75) is 75.8 Å². The number of esters is 1. The fourth-order valence-corrected chi connectivity index (χ4v) is 6.47. The van der Waals surface area contributed by atoms with Crippen molar-refractivity contribution in [2.75, 3.05) is 19.8 Å². The first-order valence-corrected chi connectivity index (χ1v) is 13.5. The van der Waals surface area contributed by atoms with Crippen LogP contribution in [-0.2, 0) is 23.9 Å². The maximum absolute atomic E-state index is 14.4. The molecule has 3 aliphatic heterocycles. The summed E-state index contributed by atoms with van der Waals surface area (Å²) in [5, 5.41) is 10.6. The second kappa shape index (κ2) is 11.0. The minimum atomic E-state index is -1.17. The number of rotatable bonds is 11. The van der Waals surface area contributed by atoms with Crippen molar-refractivity contribution in [3.63, 3.8) is 0 Å². The Bertz CT molecular complexity index is 1070. The van der Waals surface area contributed by atoms with Crippen LogP contribution in [-0.4, -0.2) is 75.7 Å². The predicted molar refractivity (Wildman–Crippen MR) is 143 cm³/mol. The highest BCUT2D eigenvalue weighted by molar-refractivity contribution is 5.98. The highest BCUT2D eigenvalue weighted by Crippen LogP contribution is 2.60. The average molecular weight is 525 g/mol. The summed E-state index contributed by atoms with van der Waals surface area (Å²) in [5.41, 5.74) is -1.02. The third-order valence-corrected chi connectivity index (χ3v) is 8.12. The first kappa shape index (κ1) is 28.0. The number of unbranched alkanes of at least 4 members (excludes halogenated alkanes) is 1. The van der Waals surface area contributed by atoms with Gasteiger partial charge in [0.25, 0.3) is 0 Å². The molecule has 6 atom stereocenters. The molecule has 2 bridgehead atoms. The van der Waals surface area contributed by atoms with E-state index in [-0.39, 0.29) is 31.6 Å². The van der Waals surface area contributed by atoms with Gasteiger partial charge in [-0.3, -0.25) is 14.4 Å². The minimum Gasteiger partial charge on any atom is -0.465 e. The number of aliphatic hydroxyl groups excluding tert-OH is 1. The van der Waals surface area contributed by atoms with Crippen molar-refractivity contribution in [1.29, 1.82) is 0 Å². The van der Waals surface area contributed by atoms with Crippen molar-refractivity contribution >= 4 is 17.8 Å². The molecule has 3 aliphatic rings. The topological polar surface area (TPSA) is 96.4 Å². The molecule has 2 amide bonds. The fourth-order valence-electron chi connectivity index (χ4n) is 6.47. The van der Waals surface area contributed by atoms with Gasteiger partial charge in [0.05, 0.1) is 37.2 Å². The lowest BCUT2D eigenvalue weighted by atomic mass is 9.70. The molecule has 8 heteroatoms. The van der Waals surface area contributed by atoms with Gasteiger partial charge >= 0.3 is 5.97 Å². The van der Waals surface area contributed by atoms with Crippen LogP contribution in [0.5, 0.6) is 0 Å². The summed E-state index contributed by atoms with van der Waals surface area (Å²) in [6, 6.07) is 7.41. The Labute approximate surface area is 225 Å². The molecule has 1 N–H and O–H groups in total. The van der Waals surface area contributed by atoms with Crippen molar-refractivity contribution in [1.82, 2.24) is 9.80 Å². The Kier molecular flexibility index (Phi) is 8.14. The molecule has 8 nitrogen and oxygen atoms in total. The van der Waals surface area contributed by atoms with Gasteiger partial charge in [-0.2, -0.15) is 0 Å². The number of hydrogen-bond acceptors (Lipinski definition) is 6. The normalized spacial score (nSPS) is 28.6. The number of hydrogen-bond donors (Lipinski definition) is 1. The molecule has 2 unspecified atom stereocenters. The Morgan fingerprint density at radius 3 is 2.58 bits per heavy atom. The molecule has 0 aliphatic carbocycles. The van der Waals surface area contributed by atoms with E-state index in [0.717, 1.165) is 6.42 Å². The molecule has 0 saturated carbocycles. The van der Waals surface area contributed by atoms with E-state index in [4.69, 9.17) is 9.47 Å². The molecule has 3 saturated heterocycles.